The molecule has 0 amide bonds. The summed E-state index contributed by atoms with van der Waals surface area (Å²) in [6.45, 7) is 14.8. The maximum atomic E-state index is 5.68. The van der Waals surface area contributed by atoms with Crippen LogP contribution in [0.1, 0.15) is 33.1 Å². The number of likely N-dealkylation sites (N-methyl/N-ethyl adjacent to an activating group) is 1. The number of nitrogens with zero attached hydrogens (tertiary/aromatic N) is 3. The Bertz CT molecular complexity index is 378. The average molecular weight is 354 g/mol. The fourth-order valence-corrected chi connectivity index (χ4v) is 3.03. The minimum Gasteiger partial charge on any atom is -0.381 e. The Morgan fingerprint density at radius 2 is 1.96 bits per heavy atom. The van der Waals surface area contributed by atoms with E-state index in [2.05, 4.69) is 41.3 Å². The molecular formula is C19H39N5O. The van der Waals surface area contributed by atoms with Crippen LogP contribution >= 0.6 is 0 Å². The maximum Gasteiger partial charge on any atom is 0.191 e. The third-order valence-corrected chi connectivity index (χ3v) is 4.88. The first-order valence-electron chi connectivity index (χ1n) is 10.2. The van der Waals surface area contributed by atoms with Crippen molar-refractivity contribution in [2.45, 2.75) is 33.1 Å². The van der Waals surface area contributed by atoms with Gasteiger partial charge in [-0.3, -0.25) is 4.99 Å². The minimum absolute atomic E-state index is 0.584. The molecule has 6 nitrogen and oxygen atoms in total. The molecule has 1 aliphatic carbocycles. The van der Waals surface area contributed by atoms with E-state index < -0.39 is 0 Å². The Kier molecular flexibility index (Phi) is 9.58. The van der Waals surface area contributed by atoms with Crippen molar-refractivity contribution in [3.8, 4) is 0 Å². The topological polar surface area (TPSA) is 52.1 Å². The number of ether oxygens (including phenoxy) is 1. The molecule has 1 heterocycles. The molecule has 1 unspecified atom stereocenters. The monoisotopic (exact) mass is 353 g/mol. The van der Waals surface area contributed by atoms with E-state index >= 15 is 0 Å². The molecule has 0 aromatic carbocycles. The third-order valence-electron chi connectivity index (χ3n) is 4.88. The van der Waals surface area contributed by atoms with E-state index in [0.717, 1.165) is 57.7 Å². The summed E-state index contributed by atoms with van der Waals surface area (Å²) in [7, 11) is 2.20. The van der Waals surface area contributed by atoms with Crippen LogP contribution in [0.25, 0.3) is 0 Å². The first-order valence-corrected chi connectivity index (χ1v) is 10.2. The smallest absolute Gasteiger partial charge is 0.191 e. The molecule has 0 bridgehead atoms. The molecule has 1 atom stereocenters. The second kappa shape index (κ2) is 11.7. The normalized spacial score (nSPS) is 21.3. The van der Waals surface area contributed by atoms with E-state index in [1.165, 1.54) is 39.0 Å². The fourth-order valence-electron chi connectivity index (χ4n) is 3.03. The predicted octanol–water partition coefficient (Wildman–Crippen LogP) is 1.24. The largest absolute Gasteiger partial charge is 0.381 e. The van der Waals surface area contributed by atoms with Crippen molar-refractivity contribution >= 4 is 5.96 Å². The van der Waals surface area contributed by atoms with Gasteiger partial charge in [-0.05, 0) is 45.1 Å². The SMILES string of the molecule is CCNC(=NCC(C)CN1CCN(C)CC1)NCCCOCC1CC1. The summed E-state index contributed by atoms with van der Waals surface area (Å²) in [5.41, 5.74) is 0. The van der Waals surface area contributed by atoms with Crippen LogP contribution in [0.2, 0.25) is 0 Å². The molecule has 146 valence electrons. The van der Waals surface area contributed by atoms with Crippen molar-refractivity contribution < 1.29 is 4.74 Å². The molecule has 1 saturated heterocycles. The highest BCUT2D eigenvalue weighted by Gasteiger charge is 2.20. The molecule has 0 aromatic heterocycles. The van der Waals surface area contributed by atoms with Crippen LogP contribution in [0.5, 0.6) is 0 Å². The van der Waals surface area contributed by atoms with E-state index in [0.29, 0.717) is 5.92 Å². The molecular weight excluding hydrogens is 314 g/mol. The number of rotatable bonds is 11. The number of aliphatic imine (C=N–C) groups is 1. The molecule has 6 heteroatoms. The van der Waals surface area contributed by atoms with Crippen LogP contribution < -0.4 is 10.6 Å². The number of nitrogens with one attached hydrogen (secondary N) is 2. The van der Waals surface area contributed by atoms with Crippen molar-refractivity contribution in [1.29, 1.82) is 0 Å². The third kappa shape index (κ3) is 9.42. The lowest BCUT2D eigenvalue weighted by atomic mass is 10.1. The molecule has 2 N–H and O–H groups in total. The van der Waals surface area contributed by atoms with Gasteiger partial charge in [0, 0.05) is 65.6 Å². The molecule has 2 rings (SSSR count). The summed E-state index contributed by atoms with van der Waals surface area (Å²) in [6.07, 6.45) is 3.76. The Morgan fingerprint density at radius 1 is 1.20 bits per heavy atom. The summed E-state index contributed by atoms with van der Waals surface area (Å²) in [5.74, 6) is 2.38. The van der Waals surface area contributed by atoms with Crippen molar-refractivity contribution in [1.82, 2.24) is 20.4 Å². The zero-order valence-electron chi connectivity index (χ0n) is 16.6. The van der Waals surface area contributed by atoms with Crippen LogP contribution in [-0.2, 0) is 4.74 Å². The standard InChI is InChI=1S/C19H39N5O/c1-4-20-19(21-8-5-13-25-16-18-6-7-18)22-14-17(2)15-24-11-9-23(3)10-12-24/h17-18H,4-16H2,1-3H3,(H2,20,21,22). The molecule has 1 aliphatic heterocycles. The van der Waals surface area contributed by atoms with Gasteiger partial charge in [-0.25, -0.2) is 0 Å². The van der Waals surface area contributed by atoms with Gasteiger partial charge in [0.2, 0.25) is 0 Å². The van der Waals surface area contributed by atoms with Gasteiger partial charge in [-0.2, -0.15) is 0 Å². The van der Waals surface area contributed by atoms with E-state index in [-0.39, 0.29) is 0 Å². The van der Waals surface area contributed by atoms with Crippen LogP contribution in [0.4, 0.5) is 0 Å². The van der Waals surface area contributed by atoms with Gasteiger partial charge < -0.3 is 25.2 Å². The molecule has 0 spiro atoms. The van der Waals surface area contributed by atoms with Crippen LogP contribution in [0.3, 0.4) is 0 Å². The second-order valence-corrected chi connectivity index (χ2v) is 7.73. The van der Waals surface area contributed by atoms with Gasteiger partial charge in [0.25, 0.3) is 0 Å². The molecule has 1 saturated carbocycles. The first-order chi connectivity index (χ1) is 12.2. The van der Waals surface area contributed by atoms with E-state index in [1.54, 1.807) is 0 Å². The molecule has 2 fully saturated rings. The number of hydrogen-bond acceptors (Lipinski definition) is 4. The van der Waals surface area contributed by atoms with Crippen molar-refractivity contribution in [3.05, 3.63) is 0 Å². The molecule has 2 aliphatic rings. The Morgan fingerprint density at radius 3 is 2.64 bits per heavy atom. The summed E-state index contributed by atoms with van der Waals surface area (Å²) in [6, 6.07) is 0. The van der Waals surface area contributed by atoms with Gasteiger partial charge in [-0.15, -0.1) is 0 Å². The number of hydrogen-bond donors (Lipinski definition) is 2. The van der Waals surface area contributed by atoms with Gasteiger partial charge in [0.1, 0.15) is 0 Å². The average Bonchev–Trinajstić information content (AvgIpc) is 3.42. The van der Waals surface area contributed by atoms with Gasteiger partial charge in [0.15, 0.2) is 5.96 Å². The van der Waals surface area contributed by atoms with Crippen molar-refractivity contribution in [2.75, 3.05) is 72.6 Å². The lowest BCUT2D eigenvalue weighted by Gasteiger charge is -2.33. The number of piperazine rings is 1. The molecule has 25 heavy (non-hydrogen) atoms. The summed E-state index contributed by atoms with van der Waals surface area (Å²) in [5, 5.41) is 6.77. The zero-order chi connectivity index (χ0) is 17.9. The molecule has 0 radical (unpaired) electrons. The zero-order valence-corrected chi connectivity index (χ0v) is 16.6. The quantitative estimate of drug-likeness (QED) is 0.333. The van der Waals surface area contributed by atoms with Crippen LogP contribution in [-0.4, -0.2) is 88.4 Å². The van der Waals surface area contributed by atoms with E-state index in [9.17, 15) is 0 Å². The minimum atomic E-state index is 0.584. The van der Waals surface area contributed by atoms with E-state index in [4.69, 9.17) is 9.73 Å². The van der Waals surface area contributed by atoms with Crippen molar-refractivity contribution in [3.63, 3.8) is 0 Å². The highest BCUT2D eigenvalue weighted by molar-refractivity contribution is 5.79. The van der Waals surface area contributed by atoms with E-state index in [1.807, 2.05) is 0 Å². The Balaban J connectivity index is 1.58. The summed E-state index contributed by atoms with van der Waals surface area (Å²) >= 11 is 0. The van der Waals surface area contributed by atoms with Crippen molar-refractivity contribution in [2.24, 2.45) is 16.8 Å². The summed E-state index contributed by atoms with van der Waals surface area (Å²) < 4.78 is 5.68. The van der Waals surface area contributed by atoms with Gasteiger partial charge in [0.05, 0.1) is 0 Å². The Hall–Kier alpha value is -0.850. The molecule has 0 aromatic rings. The van der Waals surface area contributed by atoms with Crippen LogP contribution in [0.15, 0.2) is 4.99 Å². The lowest BCUT2D eigenvalue weighted by molar-refractivity contribution is 0.123. The summed E-state index contributed by atoms with van der Waals surface area (Å²) in [4.78, 5) is 9.74. The second-order valence-electron chi connectivity index (χ2n) is 7.73. The highest BCUT2D eigenvalue weighted by Crippen LogP contribution is 2.28. The van der Waals surface area contributed by atoms with Gasteiger partial charge >= 0.3 is 0 Å². The highest BCUT2D eigenvalue weighted by atomic mass is 16.5. The fraction of sp³-hybridized carbons (Fsp3) is 0.947. The predicted molar refractivity (Wildman–Crippen MR) is 105 cm³/mol. The first kappa shape index (κ1) is 20.5. The lowest BCUT2D eigenvalue weighted by Crippen LogP contribution is -2.46. The van der Waals surface area contributed by atoms with Gasteiger partial charge in [-0.1, -0.05) is 6.92 Å². The van der Waals surface area contributed by atoms with Crippen LogP contribution in [0, 0.1) is 11.8 Å². The maximum absolute atomic E-state index is 5.68. The number of guanidine groups is 1. The Labute approximate surface area is 154 Å².